The molecule has 2 rings (SSSR count). The van der Waals surface area contributed by atoms with Crippen molar-refractivity contribution in [1.29, 1.82) is 5.26 Å². The van der Waals surface area contributed by atoms with Crippen LogP contribution in [0.3, 0.4) is 0 Å². The summed E-state index contributed by atoms with van der Waals surface area (Å²) >= 11 is 0. The van der Waals surface area contributed by atoms with E-state index in [1.807, 2.05) is 6.07 Å². The number of nitrogens with zero attached hydrogens (tertiary/aromatic N) is 2. The van der Waals surface area contributed by atoms with Gasteiger partial charge in [0.2, 0.25) is 15.8 Å². The van der Waals surface area contributed by atoms with E-state index in [0.717, 1.165) is 0 Å². The predicted octanol–water partition coefficient (Wildman–Crippen LogP) is 4.62. The second kappa shape index (κ2) is 12.1. The molecule has 0 heterocycles. The number of Topliss-reactive ketones (excluding diaryl/α,β-unsaturated/α-hetero) is 1. The highest BCUT2D eigenvalue weighted by molar-refractivity contribution is 7.92. The number of benzene rings is 2. The third-order valence-corrected chi connectivity index (χ3v) is 6.27. The summed E-state index contributed by atoms with van der Waals surface area (Å²) in [5.41, 5.74) is 1.70. The van der Waals surface area contributed by atoms with E-state index in [9.17, 15) is 27.3 Å². The summed E-state index contributed by atoms with van der Waals surface area (Å²) in [5.74, 6) is -0.557. The van der Waals surface area contributed by atoms with Gasteiger partial charge < -0.3 is 4.90 Å². The van der Waals surface area contributed by atoms with Gasteiger partial charge in [-0.05, 0) is 54.0 Å². The van der Waals surface area contributed by atoms with Gasteiger partial charge in [-0.15, -0.1) is 0 Å². The van der Waals surface area contributed by atoms with Crippen LogP contribution in [0.5, 0.6) is 0 Å². The Balaban J connectivity index is 2.17. The number of alkyl halides is 2. The van der Waals surface area contributed by atoms with Crippen molar-refractivity contribution < 1.29 is 22.0 Å². The molecule has 6 nitrogen and oxygen atoms in total. The molecule has 0 amide bonds. The van der Waals surface area contributed by atoms with E-state index in [1.165, 1.54) is 30.3 Å². The zero-order valence-corrected chi connectivity index (χ0v) is 19.4. The summed E-state index contributed by atoms with van der Waals surface area (Å²) in [5, 5.41) is 9.47. The number of ketones is 1. The van der Waals surface area contributed by atoms with Gasteiger partial charge in [0.25, 0.3) is 0 Å². The number of sulfonamides is 1. The number of carbonyl (C=O) groups is 1. The fourth-order valence-corrected chi connectivity index (χ4v) is 4.63. The van der Waals surface area contributed by atoms with Gasteiger partial charge in [0.1, 0.15) is 25.0 Å². The Bertz CT molecular complexity index is 1100. The van der Waals surface area contributed by atoms with Crippen molar-refractivity contribution in [3.8, 4) is 6.07 Å². The number of carbonyl (C=O) groups excluding carboxylic acids is 1. The zero-order chi connectivity index (χ0) is 24.4. The number of hydrogen-bond donors (Lipinski definition) is 1. The Hall–Kier alpha value is -3.25. The monoisotopic (exact) mass is 475 g/mol. The van der Waals surface area contributed by atoms with Crippen LogP contribution in [0, 0.1) is 17.2 Å². The molecule has 0 saturated heterocycles. The van der Waals surface area contributed by atoms with Crippen LogP contribution in [-0.2, 0) is 10.0 Å². The molecule has 0 aromatic heterocycles. The average Bonchev–Trinajstić information content (AvgIpc) is 2.76. The Kier molecular flexibility index (Phi) is 9.55. The van der Waals surface area contributed by atoms with E-state index in [-0.39, 0.29) is 35.9 Å². The lowest BCUT2D eigenvalue weighted by Gasteiger charge is -2.22. The molecule has 0 spiro atoms. The molecule has 0 saturated carbocycles. The van der Waals surface area contributed by atoms with E-state index in [2.05, 4.69) is 4.72 Å². The number of nitrogens with one attached hydrogen (secondary N) is 1. The zero-order valence-electron chi connectivity index (χ0n) is 18.6. The lowest BCUT2D eigenvalue weighted by Crippen LogP contribution is -2.27. The number of nitriles is 1. The molecule has 0 atom stereocenters. The highest BCUT2D eigenvalue weighted by Gasteiger charge is 2.15. The molecular weight excluding hydrogens is 448 g/mol. The fourth-order valence-electron chi connectivity index (χ4n) is 3.18. The van der Waals surface area contributed by atoms with E-state index in [0.29, 0.717) is 16.9 Å². The van der Waals surface area contributed by atoms with E-state index in [4.69, 9.17) is 0 Å². The molecule has 176 valence electrons. The molecule has 0 radical (unpaired) electrons. The fraction of sp³-hybridized carbons (Fsp3) is 0.333. The molecule has 9 heteroatoms. The van der Waals surface area contributed by atoms with Gasteiger partial charge in [-0.25, -0.2) is 17.2 Å². The predicted molar refractivity (Wildman–Crippen MR) is 127 cm³/mol. The molecule has 0 unspecified atom stereocenters. The average molecular weight is 476 g/mol. The van der Waals surface area contributed by atoms with Crippen LogP contribution in [0.4, 0.5) is 20.2 Å². The minimum atomic E-state index is -3.49. The van der Waals surface area contributed by atoms with Crippen LogP contribution >= 0.6 is 0 Å². The SMILES string of the molecule is CC(C)CS(=O)(=O)Nc1ccc(C(=O)C(C#N)=Cc2ccc(N(CCF)CCF)cc2)cc1. The second-order valence-corrected chi connectivity index (χ2v) is 9.58. The summed E-state index contributed by atoms with van der Waals surface area (Å²) in [7, 11) is -3.49. The van der Waals surface area contributed by atoms with Crippen molar-refractivity contribution in [2.45, 2.75) is 13.8 Å². The van der Waals surface area contributed by atoms with Crippen molar-refractivity contribution >= 4 is 33.3 Å². The Morgan fingerprint density at radius 1 is 1.06 bits per heavy atom. The first-order chi connectivity index (χ1) is 15.7. The van der Waals surface area contributed by atoms with Gasteiger partial charge in [0.05, 0.1) is 5.75 Å². The first kappa shape index (κ1) is 26.0. The largest absolute Gasteiger partial charge is 0.366 e. The van der Waals surface area contributed by atoms with Crippen molar-refractivity contribution in [3.63, 3.8) is 0 Å². The van der Waals surface area contributed by atoms with Gasteiger partial charge >= 0.3 is 0 Å². The minimum Gasteiger partial charge on any atom is -0.366 e. The van der Waals surface area contributed by atoms with Crippen molar-refractivity contribution in [2.24, 2.45) is 5.92 Å². The summed E-state index contributed by atoms with van der Waals surface area (Å²) in [4.78, 5) is 14.3. The quantitative estimate of drug-likeness (QED) is 0.275. The van der Waals surface area contributed by atoms with Gasteiger partial charge in [0, 0.05) is 30.0 Å². The van der Waals surface area contributed by atoms with E-state index in [1.54, 1.807) is 43.0 Å². The van der Waals surface area contributed by atoms with Crippen molar-refractivity contribution in [1.82, 2.24) is 0 Å². The maximum Gasteiger partial charge on any atom is 0.232 e. The molecule has 0 bridgehead atoms. The van der Waals surface area contributed by atoms with Crippen LogP contribution in [0.15, 0.2) is 54.1 Å². The third-order valence-electron chi connectivity index (χ3n) is 4.62. The molecule has 0 aliphatic carbocycles. The maximum absolute atomic E-state index is 12.7. The van der Waals surface area contributed by atoms with Crippen LogP contribution in [0.25, 0.3) is 6.08 Å². The highest BCUT2D eigenvalue weighted by Crippen LogP contribution is 2.19. The number of anilines is 2. The van der Waals surface area contributed by atoms with Gasteiger partial charge in [-0.3, -0.25) is 9.52 Å². The summed E-state index contributed by atoms with van der Waals surface area (Å²) in [6.45, 7) is 2.54. The second-order valence-electron chi connectivity index (χ2n) is 7.81. The van der Waals surface area contributed by atoms with Crippen molar-refractivity contribution in [3.05, 3.63) is 65.2 Å². The molecule has 0 aliphatic rings. The van der Waals surface area contributed by atoms with Crippen LogP contribution in [-0.4, -0.2) is 46.4 Å². The number of halogens is 2. The topological polar surface area (TPSA) is 90.3 Å². The first-order valence-electron chi connectivity index (χ1n) is 10.4. The molecule has 2 aromatic carbocycles. The number of allylic oxidation sites excluding steroid dienone is 1. The molecular formula is C24H27F2N3O3S. The first-order valence-corrected chi connectivity index (χ1v) is 12.1. The van der Waals surface area contributed by atoms with E-state index >= 15 is 0 Å². The van der Waals surface area contributed by atoms with Crippen LogP contribution in [0.1, 0.15) is 29.8 Å². The lowest BCUT2D eigenvalue weighted by molar-refractivity contribution is 0.104. The highest BCUT2D eigenvalue weighted by atomic mass is 32.2. The minimum absolute atomic E-state index is 0.0207. The van der Waals surface area contributed by atoms with Crippen LogP contribution < -0.4 is 9.62 Å². The lowest BCUT2D eigenvalue weighted by atomic mass is 10.0. The summed E-state index contributed by atoms with van der Waals surface area (Å²) in [6, 6.07) is 14.4. The summed E-state index contributed by atoms with van der Waals surface area (Å²) in [6.07, 6.45) is 1.43. The molecule has 2 aromatic rings. The Morgan fingerprint density at radius 3 is 2.12 bits per heavy atom. The van der Waals surface area contributed by atoms with Gasteiger partial charge in [0.15, 0.2) is 0 Å². The molecule has 0 fully saturated rings. The Morgan fingerprint density at radius 2 is 1.64 bits per heavy atom. The Labute approximate surface area is 193 Å². The maximum atomic E-state index is 12.7. The molecule has 33 heavy (non-hydrogen) atoms. The van der Waals surface area contributed by atoms with Gasteiger partial charge in [-0.1, -0.05) is 26.0 Å². The number of hydrogen-bond acceptors (Lipinski definition) is 5. The van der Waals surface area contributed by atoms with Gasteiger partial charge in [-0.2, -0.15) is 5.26 Å². The number of rotatable bonds is 12. The standard InChI is InChI=1S/C24H27F2N3O3S/c1-18(2)17-33(31,32)28-22-7-5-20(6-8-22)24(30)21(16-27)15-19-3-9-23(10-4-19)29(13-11-25)14-12-26/h3-10,15,18,28H,11-14,17H2,1-2H3. The normalized spacial score (nSPS) is 11.8. The third kappa shape index (κ3) is 7.99. The summed E-state index contributed by atoms with van der Waals surface area (Å²) < 4.78 is 51.9. The van der Waals surface area contributed by atoms with Crippen molar-refractivity contribution in [2.75, 3.05) is 41.8 Å². The van der Waals surface area contributed by atoms with Crippen LogP contribution in [0.2, 0.25) is 0 Å². The van der Waals surface area contributed by atoms with E-state index < -0.39 is 29.2 Å². The molecule has 1 N–H and O–H groups in total. The smallest absolute Gasteiger partial charge is 0.232 e. The molecule has 0 aliphatic heterocycles.